The van der Waals surface area contributed by atoms with E-state index in [0.29, 0.717) is 11.3 Å². The number of aryl methyl sites for hydroxylation is 2. The van der Waals surface area contributed by atoms with Gasteiger partial charge in [0.15, 0.2) is 0 Å². The highest BCUT2D eigenvalue weighted by Crippen LogP contribution is 2.26. The Bertz CT molecular complexity index is 385. The van der Waals surface area contributed by atoms with E-state index in [1.807, 2.05) is 13.8 Å². The number of hydroxylamine groups is 2. The SMILES string of the molecule is CON(C(=O)c1c(C)coc1C)C1CCCC1. The van der Waals surface area contributed by atoms with Crippen molar-refractivity contribution in [1.82, 2.24) is 5.06 Å². The third kappa shape index (κ3) is 2.22. The summed E-state index contributed by atoms with van der Waals surface area (Å²) in [5, 5.41) is 1.51. The highest BCUT2D eigenvalue weighted by Gasteiger charge is 2.30. The van der Waals surface area contributed by atoms with Gasteiger partial charge in [0.2, 0.25) is 0 Å². The maximum absolute atomic E-state index is 12.4. The van der Waals surface area contributed by atoms with Gasteiger partial charge in [-0.1, -0.05) is 12.8 Å². The van der Waals surface area contributed by atoms with Gasteiger partial charge in [-0.25, -0.2) is 5.06 Å². The highest BCUT2D eigenvalue weighted by molar-refractivity contribution is 5.96. The zero-order valence-corrected chi connectivity index (χ0v) is 10.7. The summed E-state index contributed by atoms with van der Waals surface area (Å²) in [6, 6.07) is 0.209. The van der Waals surface area contributed by atoms with E-state index in [-0.39, 0.29) is 11.9 Å². The lowest BCUT2D eigenvalue weighted by atomic mass is 10.1. The summed E-state index contributed by atoms with van der Waals surface area (Å²) in [6.45, 7) is 3.69. The summed E-state index contributed by atoms with van der Waals surface area (Å²) in [7, 11) is 1.56. The normalized spacial score (nSPS) is 16.4. The summed E-state index contributed by atoms with van der Waals surface area (Å²) in [4.78, 5) is 17.7. The predicted molar refractivity (Wildman–Crippen MR) is 63.6 cm³/mol. The van der Waals surface area contributed by atoms with Gasteiger partial charge in [0, 0.05) is 5.56 Å². The second-order valence-electron chi connectivity index (χ2n) is 4.60. The van der Waals surface area contributed by atoms with Gasteiger partial charge in [0.05, 0.1) is 25.0 Å². The van der Waals surface area contributed by atoms with E-state index in [1.54, 1.807) is 13.4 Å². The molecule has 2 rings (SSSR count). The Morgan fingerprint density at radius 2 is 2.06 bits per heavy atom. The summed E-state index contributed by atoms with van der Waals surface area (Å²) in [5.41, 5.74) is 1.51. The van der Waals surface area contributed by atoms with Gasteiger partial charge in [-0.3, -0.25) is 9.63 Å². The van der Waals surface area contributed by atoms with Crippen molar-refractivity contribution < 1.29 is 14.0 Å². The van der Waals surface area contributed by atoms with E-state index >= 15 is 0 Å². The molecule has 1 aromatic rings. The molecule has 1 aliphatic carbocycles. The number of hydrogen-bond donors (Lipinski definition) is 0. The quantitative estimate of drug-likeness (QED) is 0.759. The Kier molecular flexibility index (Phi) is 3.52. The minimum Gasteiger partial charge on any atom is -0.469 e. The Balaban J connectivity index is 2.22. The second kappa shape index (κ2) is 4.92. The lowest BCUT2D eigenvalue weighted by Crippen LogP contribution is -2.38. The molecule has 94 valence electrons. The summed E-state index contributed by atoms with van der Waals surface area (Å²) < 4.78 is 5.27. The van der Waals surface area contributed by atoms with Gasteiger partial charge in [-0.15, -0.1) is 0 Å². The van der Waals surface area contributed by atoms with Crippen LogP contribution in [0.25, 0.3) is 0 Å². The summed E-state index contributed by atoms with van der Waals surface area (Å²) >= 11 is 0. The summed E-state index contributed by atoms with van der Waals surface area (Å²) in [5.74, 6) is 0.579. The fraction of sp³-hybridized carbons (Fsp3) is 0.615. The van der Waals surface area contributed by atoms with E-state index in [4.69, 9.17) is 9.25 Å². The van der Waals surface area contributed by atoms with Crippen LogP contribution in [0.15, 0.2) is 10.7 Å². The van der Waals surface area contributed by atoms with Gasteiger partial charge in [-0.2, -0.15) is 0 Å². The Morgan fingerprint density at radius 1 is 1.41 bits per heavy atom. The van der Waals surface area contributed by atoms with Crippen LogP contribution >= 0.6 is 0 Å². The first-order chi connectivity index (χ1) is 8.15. The van der Waals surface area contributed by atoms with Crippen LogP contribution in [0.1, 0.15) is 47.4 Å². The maximum Gasteiger partial charge on any atom is 0.281 e. The Morgan fingerprint density at radius 3 is 2.53 bits per heavy atom. The van der Waals surface area contributed by atoms with Crippen LogP contribution in [0.4, 0.5) is 0 Å². The van der Waals surface area contributed by atoms with Crippen molar-refractivity contribution in [3.05, 3.63) is 23.2 Å². The van der Waals surface area contributed by atoms with E-state index in [1.165, 1.54) is 17.9 Å². The zero-order chi connectivity index (χ0) is 12.4. The minimum absolute atomic E-state index is 0.0804. The molecule has 0 bridgehead atoms. The molecule has 1 heterocycles. The maximum atomic E-state index is 12.4. The van der Waals surface area contributed by atoms with Crippen molar-refractivity contribution in [3.8, 4) is 0 Å². The highest BCUT2D eigenvalue weighted by atomic mass is 16.7. The van der Waals surface area contributed by atoms with Crippen molar-refractivity contribution in [2.45, 2.75) is 45.6 Å². The first kappa shape index (κ1) is 12.2. The minimum atomic E-state index is -0.0804. The average molecular weight is 237 g/mol. The van der Waals surface area contributed by atoms with E-state index < -0.39 is 0 Å². The molecule has 0 N–H and O–H groups in total. The molecule has 1 amide bonds. The molecule has 4 nitrogen and oxygen atoms in total. The van der Waals surface area contributed by atoms with E-state index in [2.05, 4.69) is 0 Å². The molecular weight excluding hydrogens is 218 g/mol. The first-order valence-electron chi connectivity index (χ1n) is 6.07. The molecule has 1 aromatic heterocycles. The average Bonchev–Trinajstić information content (AvgIpc) is 2.90. The number of hydrogen-bond acceptors (Lipinski definition) is 3. The van der Waals surface area contributed by atoms with Crippen LogP contribution in [0.3, 0.4) is 0 Å². The van der Waals surface area contributed by atoms with Crippen LogP contribution in [0.2, 0.25) is 0 Å². The molecule has 1 fully saturated rings. The van der Waals surface area contributed by atoms with Gasteiger partial charge >= 0.3 is 0 Å². The first-order valence-corrected chi connectivity index (χ1v) is 6.07. The van der Waals surface area contributed by atoms with Crippen molar-refractivity contribution in [2.75, 3.05) is 7.11 Å². The Hall–Kier alpha value is -1.29. The van der Waals surface area contributed by atoms with Crippen molar-refractivity contribution in [3.63, 3.8) is 0 Å². The van der Waals surface area contributed by atoms with Crippen molar-refractivity contribution in [2.24, 2.45) is 0 Å². The van der Waals surface area contributed by atoms with Gasteiger partial charge in [-0.05, 0) is 26.7 Å². The molecule has 0 radical (unpaired) electrons. The smallest absolute Gasteiger partial charge is 0.281 e. The van der Waals surface area contributed by atoms with E-state index in [9.17, 15) is 4.79 Å². The fourth-order valence-corrected chi connectivity index (χ4v) is 2.54. The second-order valence-corrected chi connectivity index (χ2v) is 4.60. The van der Waals surface area contributed by atoms with Gasteiger partial charge in [0.1, 0.15) is 5.76 Å². The number of rotatable bonds is 3. The van der Waals surface area contributed by atoms with Gasteiger partial charge in [0.25, 0.3) is 5.91 Å². The monoisotopic (exact) mass is 237 g/mol. The fourth-order valence-electron chi connectivity index (χ4n) is 2.54. The third-order valence-corrected chi connectivity index (χ3v) is 3.43. The molecular formula is C13H19NO3. The van der Waals surface area contributed by atoms with Crippen LogP contribution in [-0.4, -0.2) is 24.1 Å². The third-order valence-electron chi connectivity index (χ3n) is 3.43. The van der Waals surface area contributed by atoms with Crippen LogP contribution in [-0.2, 0) is 4.84 Å². The van der Waals surface area contributed by atoms with Crippen molar-refractivity contribution >= 4 is 5.91 Å². The molecule has 0 atom stereocenters. The lowest BCUT2D eigenvalue weighted by molar-refractivity contribution is -0.121. The molecule has 0 aliphatic heterocycles. The molecule has 0 aromatic carbocycles. The topological polar surface area (TPSA) is 42.7 Å². The standard InChI is InChI=1S/C13H19NO3/c1-9-8-17-10(2)12(9)13(15)14(16-3)11-6-4-5-7-11/h8,11H,4-7H2,1-3H3. The summed E-state index contributed by atoms with van der Waals surface area (Å²) in [6.07, 6.45) is 6.00. The molecule has 1 saturated carbocycles. The molecule has 4 heteroatoms. The predicted octanol–water partition coefficient (Wildman–Crippen LogP) is 2.84. The lowest BCUT2D eigenvalue weighted by Gasteiger charge is -2.26. The number of furan rings is 1. The molecule has 0 saturated heterocycles. The van der Waals surface area contributed by atoms with Crippen LogP contribution in [0, 0.1) is 13.8 Å². The van der Waals surface area contributed by atoms with Crippen LogP contribution < -0.4 is 0 Å². The number of nitrogens with zero attached hydrogens (tertiary/aromatic N) is 1. The molecule has 1 aliphatic rings. The Labute approximate surface area is 101 Å². The number of amides is 1. The van der Waals surface area contributed by atoms with Crippen LogP contribution in [0.5, 0.6) is 0 Å². The van der Waals surface area contributed by atoms with E-state index in [0.717, 1.165) is 18.4 Å². The molecule has 17 heavy (non-hydrogen) atoms. The number of carbonyl (C=O) groups is 1. The van der Waals surface area contributed by atoms with Crippen molar-refractivity contribution in [1.29, 1.82) is 0 Å². The zero-order valence-electron chi connectivity index (χ0n) is 10.7. The molecule has 0 unspecified atom stereocenters. The number of carbonyl (C=O) groups excluding carboxylic acids is 1. The molecule has 0 spiro atoms. The van der Waals surface area contributed by atoms with Gasteiger partial charge < -0.3 is 4.42 Å². The largest absolute Gasteiger partial charge is 0.469 e.